The van der Waals surface area contributed by atoms with Crippen LogP contribution in [0, 0.1) is 11.8 Å². The van der Waals surface area contributed by atoms with Crippen LogP contribution in [-0.2, 0) is 22.7 Å². The highest BCUT2D eigenvalue weighted by atomic mass is 16.4. The quantitative estimate of drug-likeness (QED) is 0.776. The minimum absolute atomic E-state index is 0.225. The molecule has 110 valence electrons. The Morgan fingerprint density at radius 3 is 2.65 bits per heavy atom. The van der Waals surface area contributed by atoms with Crippen molar-refractivity contribution >= 4 is 11.9 Å². The van der Waals surface area contributed by atoms with Crippen LogP contribution >= 0.6 is 0 Å². The van der Waals surface area contributed by atoms with Crippen molar-refractivity contribution in [2.45, 2.75) is 26.4 Å². The van der Waals surface area contributed by atoms with Crippen molar-refractivity contribution < 1.29 is 19.8 Å². The molecule has 0 spiro atoms. The summed E-state index contributed by atoms with van der Waals surface area (Å²) in [4.78, 5) is 28.4. The molecule has 0 radical (unpaired) electrons. The van der Waals surface area contributed by atoms with E-state index in [0.717, 1.165) is 5.82 Å². The third-order valence-electron chi connectivity index (χ3n) is 3.69. The van der Waals surface area contributed by atoms with E-state index in [1.807, 2.05) is 11.8 Å². The predicted octanol–water partition coefficient (Wildman–Crippen LogP) is -0.0947. The lowest BCUT2D eigenvalue weighted by molar-refractivity contribution is -0.157. The Bertz CT molecular complexity index is 501. The van der Waals surface area contributed by atoms with E-state index in [1.165, 1.54) is 6.33 Å². The van der Waals surface area contributed by atoms with Crippen LogP contribution in [0.4, 0.5) is 0 Å². The second-order valence-electron chi connectivity index (χ2n) is 4.91. The van der Waals surface area contributed by atoms with Crippen molar-refractivity contribution in [3.63, 3.8) is 0 Å². The van der Waals surface area contributed by atoms with Gasteiger partial charge < -0.3 is 10.2 Å². The van der Waals surface area contributed by atoms with Crippen LogP contribution in [-0.4, -0.2) is 54.9 Å². The maximum absolute atomic E-state index is 11.2. The summed E-state index contributed by atoms with van der Waals surface area (Å²) in [6, 6.07) is 0. The average molecular weight is 282 g/mol. The van der Waals surface area contributed by atoms with Crippen molar-refractivity contribution in [1.29, 1.82) is 0 Å². The van der Waals surface area contributed by atoms with Gasteiger partial charge in [-0.1, -0.05) is 0 Å². The number of aryl methyl sites for hydroxylation is 1. The van der Waals surface area contributed by atoms with Gasteiger partial charge in [-0.25, -0.2) is 9.67 Å². The Morgan fingerprint density at radius 1 is 1.35 bits per heavy atom. The fourth-order valence-electron chi connectivity index (χ4n) is 2.58. The van der Waals surface area contributed by atoms with E-state index in [9.17, 15) is 14.7 Å². The lowest BCUT2D eigenvalue weighted by atomic mass is 9.85. The van der Waals surface area contributed by atoms with Gasteiger partial charge in [0.2, 0.25) is 0 Å². The van der Waals surface area contributed by atoms with Crippen LogP contribution in [0.1, 0.15) is 19.2 Å². The Hall–Kier alpha value is -1.96. The lowest BCUT2D eigenvalue weighted by Crippen LogP contribution is -2.46. The third kappa shape index (κ3) is 2.96. The smallest absolute Gasteiger partial charge is 0.308 e. The van der Waals surface area contributed by atoms with E-state index in [1.54, 1.807) is 4.68 Å². The molecule has 1 fully saturated rings. The fraction of sp³-hybridized carbons (Fsp3) is 0.667. The van der Waals surface area contributed by atoms with Gasteiger partial charge in [0.15, 0.2) is 0 Å². The topological polar surface area (TPSA) is 109 Å². The number of hydrogen-bond acceptors (Lipinski definition) is 5. The number of aromatic nitrogens is 3. The Morgan fingerprint density at radius 2 is 2.05 bits per heavy atom. The lowest BCUT2D eigenvalue weighted by Gasteiger charge is -2.34. The second kappa shape index (κ2) is 6.00. The third-order valence-corrected chi connectivity index (χ3v) is 3.69. The zero-order valence-corrected chi connectivity index (χ0v) is 11.3. The monoisotopic (exact) mass is 282 g/mol. The van der Waals surface area contributed by atoms with Crippen molar-refractivity contribution in [3.05, 3.63) is 12.2 Å². The van der Waals surface area contributed by atoms with Gasteiger partial charge in [-0.15, -0.1) is 0 Å². The molecule has 2 unspecified atom stereocenters. The first kappa shape index (κ1) is 14.4. The first-order valence-corrected chi connectivity index (χ1v) is 6.57. The number of nitrogens with zero attached hydrogens (tertiary/aromatic N) is 4. The van der Waals surface area contributed by atoms with E-state index in [4.69, 9.17) is 5.11 Å². The molecule has 2 N–H and O–H groups in total. The molecule has 1 aliphatic rings. The molecule has 2 heterocycles. The highest BCUT2D eigenvalue weighted by Crippen LogP contribution is 2.25. The summed E-state index contributed by atoms with van der Waals surface area (Å²) in [5.74, 6) is -3.01. The highest BCUT2D eigenvalue weighted by molar-refractivity contribution is 5.80. The number of carboxylic acid groups (broad SMARTS) is 2. The Labute approximate surface area is 116 Å². The summed E-state index contributed by atoms with van der Waals surface area (Å²) in [5.41, 5.74) is 0. The first-order chi connectivity index (χ1) is 9.52. The minimum Gasteiger partial charge on any atom is -0.481 e. The normalized spacial score (nSPS) is 23.6. The van der Waals surface area contributed by atoms with Crippen LogP contribution < -0.4 is 0 Å². The summed E-state index contributed by atoms with van der Waals surface area (Å²) in [6.07, 6.45) is 1.81. The van der Waals surface area contributed by atoms with Crippen LogP contribution in [0.25, 0.3) is 0 Å². The van der Waals surface area contributed by atoms with Crippen molar-refractivity contribution in [1.82, 2.24) is 19.7 Å². The maximum Gasteiger partial charge on any atom is 0.308 e. The molecule has 8 heteroatoms. The van der Waals surface area contributed by atoms with Crippen LogP contribution in [0.15, 0.2) is 6.33 Å². The molecule has 2 atom stereocenters. The molecule has 0 aliphatic carbocycles. The molecule has 2 rings (SSSR count). The molecule has 8 nitrogen and oxygen atoms in total. The van der Waals surface area contributed by atoms with Gasteiger partial charge in [0.1, 0.15) is 12.2 Å². The summed E-state index contributed by atoms with van der Waals surface area (Å²) < 4.78 is 1.75. The van der Waals surface area contributed by atoms with Gasteiger partial charge in [0.05, 0.1) is 18.4 Å². The first-order valence-electron chi connectivity index (χ1n) is 6.57. The van der Waals surface area contributed by atoms with Crippen molar-refractivity contribution in [2.75, 3.05) is 13.1 Å². The summed E-state index contributed by atoms with van der Waals surface area (Å²) in [6.45, 7) is 3.92. The highest BCUT2D eigenvalue weighted by Gasteiger charge is 2.38. The average Bonchev–Trinajstić information content (AvgIpc) is 2.85. The second-order valence-corrected chi connectivity index (χ2v) is 4.91. The van der Waals surface area contributed by atoms with Gasteiger partial charge in [0, 0.05) is 13.1 Å². The summed E-state index contributed by atoms with van der Waals surface area (Å²) in [7, 11) is 0. The number of likely N-dealkylation sites (tertiary alicyclic amines) is 1. The van der Waals surface area contributed by atoms with Crippen LogP contribution in [0.2, 0.25) is 0 Å². The number of aliphatic carboxylic acids is 2. The molecule has 20 heavy (non-hydrogen) atoms. The Kier molecular flexibility index (Phi) is 4.33. The Balaban J connectivity index is 2.05. The van der Waals surface area contributed by atoms with E-state index in [2.05, 4.69) is 10.1 Å². The molecular weight excluding hydrogens is 264 g/mol. The number of carboxylic acids is 2. The zero-order chi connectivity index (χ0) is 14.7. The van der Waals surface area contributed by atoms with Gasteiger partial charge in [0.25, 0.3) is 0 Å². The van der Waals surface area contributed by atoms with E-state index >= 15 is 0 Å². The van der Waals surface area contributed by atoms with Crippen molar-refractivity contribution in [3.8, 4) is 0 Å². The molecule has 1 aromatic heterocycles. The molecule has 1 aromatic rings. The van der Waals surface area contributed by atoms with Gasteiger partial charge in [-0.2, -0.15) is 5.10 Å². The molecule has 0 saturated carbocycles. The number of rotatable bonds is 5. The van der Waals surface area contributed by atoms with Gasteiger partial charge in [-0.3, -0.25) is 14.5 Å². The minimum atomic E-state index is -1.06. The number of piperidine rings is 1. The van der Waals surface area contributed by atoms with E-state index in [-0.39, 0.29) is 6.54 Å². The summed E-state index contributed by atoms with van der Waals surface area (Å²) in [5, 5.41) is 22.3. The standard InChI is InChI=1S/C12H18N4O4/c1-2-16-10(13-7-14-16)6-15-4-3-8(11(17)18)9(5-15)12(19)20/h7-9H,2-6H2,1H3,(H,17,18)(H,19,20). The number of carbonyl (C=O) groups is 2. The largest absolute Gasteiger partial charge is 0.481 e. The molecule has 1 saturated heterocycles. The van der Waals surface area contributed by atoms with Gasteiger partial charge >= 0.3 is 11.9 Å². The molecule has 0 amide bonds. The maximum atomic E-state index is 11.2. The predicted molar refractivity (Wildman–Crippen MR) is 67.8 cm³/mol. The zero-order valence-electron chi connectivity index (χ0n) is 11.3. The van der Waals surface area contributed by atoms with E-state index < -0.39 is 23.8 Å². The van der Waals surface area contributed by atoms with Crippen LogP contribution in [0.3, 0.4) is 0 Å². The SMILES string of the molecule is CCn1ncnc1CN1CCC(C(=O)O)C(C(=O)O)C1. The van der Waals surface area contributed by atoms with Crippen LogP contribution in [0.5, 0.6) is 0 Å². The van der Waals surface area contributed by atoms with E-state index in [0.29, 0.717) is 26.1 Å². The molecule has 1 aliphatic heterocycles. The number of hydrogen-bond donors (Lipinski definition) is 2. The molecule has 0 bridgehead atoms. The summed E-state index contributed by atoms with van der Waals surface area (Å²) >= 11 is 0. The van der Waals surface area contributed by atoms with Gasteiger partial charge in [-0.05, 0) is 19.9 Å². The molecule has 0 aromatic carbocycles. The molecular formula is C12H18N4O4. The van der Waals surface area contributed by atoms with Crippen molar-refractivity contribution in [2.24, 2.45) is 11.8 Å². The fourth-order valence-corrected chi connectivity index (χ4v) is 2.58.